The van der Waals surface area contributed by atoms with Gasteiger partial charge in [-0.25, -0.2) is 19.3 Å². The fourth-order valence-corrected chi connectivity index (χ4v) is 8.44. The molecule has 8 rings (SSSR count). The van der Waals surface area contributed by atoms with Gasteiger partial charge >= 0.3 is 0 Å². The lowest BCUT2D eigenvalue weighted by molar-refractivity contribution is -0.138. The predicted molar refractivity (Wildman–Crippen MR) is 280 cm³/mol. The number of fused-ring (bicyclic) bond motifs is 2. The number of unbranched alkanes of at least 4 members (excludes halogenated alkanes) is 1. The second-order valence-electron chi connectivity index (χ2n) is 18.4. The summed E-state index contributed by atoms with van der Waals surface area (Å²) in [7, 11) is 6.71. The highest BCUT2D eigenvalue weighted by Crippen LogP contribution is 2.27. The zero-order chi connectivity index (χ0) is 53.5. The van der Waals surface area contributed by atoms with Crippen LogP contribution in [0.15, 0.2) is 73.1 Å². The molecule has 0 aliphatic carbocycles. The Labute approximate surface area is 434 Å². The fourth-order valence-electron chi connectivity index (χ4n) is 8.44. The summed E-state index contributed by atoms with van der Waals surface area (Å²) in [5.74, 6) is 9.68. The van der Waals surface area contributed by atoms with Crippen molar-refractivity contribution in [3.05, 3.63) is 107 Å². The van der Waals surface area contributed by atoms with Gasteiger partial charge in [0.25, 0.3) is 23.6 Å². The molecule has 0 unspecified atom stereocenters. The van der Waals surface area contributed by atoms with E-state index in [1.54, 1.807) is 74.4 Å². The number of aliphatic hydroxyl groups is 2. The number of primary amides is 2. The zero-order valence-electron chi connectivity index (χ0n) is 42.0. The number of likely N-dealkylation sites (tertiary alicyclic amines) is 2. The van der Waals surface area contributed by atoms with Crippen molar-refractivity contribution >= 4 is 57.2 Å². The molecule has 2 saturated heterocycles. The van der Waals surface area contributed by atoms with Gasteiger partial charge < -0.3 is 47.0 Å². The van der Waals surface area contributed by atoms with Gasteiger partial charge in [-0.15, -0.1) is 0 Å². The molecule has 75 heavy (non-hydrogen) atoms. The summed E-state index contributed by atoms with van der Waals surface area (Å²) in [4.78, 5) is 88.3. The maximum atomic E-state index is 12.3. The first-order valence-corrected chi connectivity index (χ1v) is 24.0. The molecule has 21 heteroatoms. The highest BCUT2D eigenvalue weighted by Gasteiger charge is 2.43. The van der Waals surface area contributed by atoms with Gasteiger partial charge in [0.1, 0.15) is 0 Å². The number of hydrogen-bond acceptors (Lipinski definition) is 13. The molecule has 0 radical (unpaired) electrons. The average molecular weight is 1020 g/mol. The van der Waals surface area contributed by atoms with Gasteiger partial charge in [0.05, 0.1) is 11.0 Å². The van der Waals surface area contributed by atoms with E-state index in [4.69, 9.17) is 17.2 Å². The van der Waals surface area contributed by atoms with Crippen LogP contribution in [0.4, 0.5) is 0 Å². The number of hydrogen-bond donors (Lipinski definition) is 5. The van der Waals surface area contributed by atoms with Gasteiger partial charge in [-0.3, -0.25) is 28.8 Å². The third-order valence-corrected chi connectivity index (χ3v) is 12.8. The lowest BCUT2D eigenvalue weighted by atomic mass is 10.0. The molecule has 0 spiro atoms. The van der Waals surface area contributed by atoms with Crippen LogP contribution in [-0.2, 0) is 32.3 Å². The van der Waals surface area contributed by atoms with E-state index < -0.39 is 34.8 Å². The Hall–Kier alpha value is -8.50. The predicted octanol–water partition coefficient (Wildman–Crippen LogP) is 2.41. The SMILES string of the molecule is C.CCCCC(=O)N(C)Cc1ccc2c(c1)c(C(N)=O)nn2-c1cc(C#C[C@]2(O)CCN(C)C2=O)ccn1.CN(Cc1ccc2c(c1)c(C(N)=O)nn2-c1cc(C#C[C@]2(O)CCN(C)C2=O)ccn1)C(=O)CCCN. The first kappa shape index (κ1) is 55.8. The summed E-state index contributed by atoms with van der Waals surface area (Å²) in [6.07, 6.45) is 6.79. The van der Waals surface area contributed by atoms with Crippen molar-refractivity contribution in [3.63, 3.8) is 0 Å². The summed E-state index contributed by atoms with van der Waals surface area (Å²) in [5.41, 5.74) is 17.4. The van der Waals surface area contributed by atoms with Crippen LogP contribution in [-0.4, -0.2) is 154 Å². The molecule has 0 saturated carbocycles. The highest BCUT2D eigenvalue weighted by atomic mass is 16.3. The summed E-state index contributed by atoms with van der Waals surface area (Å²) in [6.45, 7) is 4.10. The van der Waals surface area contributed by atoms with Crippen LogP contribution in [0.5, 0.6) is 0 Å². The van der Waals surface area contributed by atoms with Gasteiger partial charge in [0.15, 0.2) is 23.0 Å². The third kappa shape index (κ3) is 12.5. The number of nitrogens with two attached hydrogens (primary N) is 3. The molecule has 2 fully saturated rings. The van der Waals surface area contributed by atoms with Crippen molar-refractivity contribution in [2.45, 2.75) is 83.6 Å². The van der Waals surface area contributed by atoms with E-state index in [2.05, 4.69) is 43.8 Å². The molecule has 21 nitrogen and oxygen atoms in total. The molecular weight excluding hydrogens is 959 g/mol. The summed E-state index contributed by atoms with van der Waals surface area (Å²) < 4.78 is 2.99. The molecule has 6 amide bonds. The number of carbonyl (C=O) groups excluding carboxylic acids is 6. The second kappa shape index (κ2) is 23.6. The smallest absolute Gasteiger partial charge is 0.269 e. The number of aromatic nitrogens is 6. The standard InChI is InChI=1S/C27H30N6O4.C26H29N7O4.CH4/c1-4-5-6-23(34)32(3)17-19-7-8-21-20(15-19)24(25(28)35)30-33(21)22-16-18(10-13-29-22)9-11-27(37)12-14-31(2)26(27)36;1-31-13-10-26(37,25(31)36)9-7-17-8-12-29-21(15-17)33-20-6-5-18(14-19(20)23(30-33)24(28)35)16-32(2)22(34)4-3-11-27;/h7-8,10,13,15-16,37H,4-6,12,14,17H2,1-3H3,(H2,28,35);5-6,8,12,14-15,37H,3-4,10-11,13,16,27H2,1-2H3,(H2,28,35);1H4/t27-;26-;/m00./s1. The van der Waals surface area contributed by atoms with E-state index in [1.807, 2.05) is 31.2 Å². The van der Waals surface area contributed by atoms with Crippen LogP contribution < -0.4 is 17.2 Å². The minimum absolute atomic E-state index is 0. The molecule has 0 bridgehead atoms. The highest BCUT2D eigenvalue weighted by molar-refractivity contribution is 6.05. The number of pyridine rings is 2. The number of benzene rings is 2. The van der Waals surface area contributed by atoms with Crippen LogP contribution >= 0.6 is 0 Å². The molecule has 6 aromatic rings. The van der Waals surface area contributed by atoms with Crippen LogP contribution in [0.1, 0.15) is 103 Å². The number of rotatable bonds is 14. The molecular formula is C54H63N13O8. The number of nitrogens with zero attached hydrogens (tertiary/aromatic N) is 10. The average Bonchev–Trinajstić information content (AvgIpc) is 4.11. The molecule has 2 aliphatic rings. The Morgan fingerprint density at radius 2 is 1.08 bits per heavy atom. The van der Waals surface area contributed by atoms with E-state index in [1.165, 1.54) is 31.6 Å². The van der Waals surface area contributed by atoms with Crippen molar-refractivity contribution in [2.24, 2.45) is 17.2 Å². The molecule has 2 aromatic carbocycles. The maximum Gasteiger partial charge on any atom is 0.269 e. The molecule has 392 valence electrons. The van der Waals surface area contributed by atoms with E-state index in [-0.39, 0.29) is 43.5 Å². The Morgan fingerprint density at radius 3 is 1.44 bits per heavy atom. The zero-order valence-corrected chi connectivity index (χ0v) is 42.0. The van der Waals surface area contributed by atoms with Crippen LogP contribution in [0.25, 0.3) is 33.4 Å². The maximum absolute atomic E-state index is 12.3. The van der Waals surface area contributed by atoms with Crippen molar-refractivity contribution in [3.8, 4) is 35.3 Å². The molecule has 4 aromatic heterocycles. The van der Waals surface area contributed by atoms with Crippen LogP contribution in [0.2, 0.25) is 0 Å². The molecule has 6 heterocycles. The quantitative estimate of drug-likeness (QED) is 0.0982. The number of amides is 6. The lowest BCUT2D eigenvalue weighted by Crippen LogP contribution is -2.37. The Morgan fingerprint density at radius 1 is 0.667 bits per heavy atom. The van der Waals surface area contributed by atoms with E-state index >= 15 is 0 Å². The van der Waals surface area contributed by atoms with E-state index in [9.17, 15) is 39.0 Å². The Kier molecular flexibility index (Phi) is 17.5. The minimum Gasteiger partial charge on any atom is -0.369 e. The normalized spacial score (nSPS) is 16.9. The number of carbonyl (C=O) groups is 6. The monoisotopic (exact) mass is 1020 g/mol. The van der Waals surface area contributed by atoms with Crippen molar-refractivity contribution in [1.29, 1.82) is 0 Å². The van der Waals surface area contributed by atoms with Gasteiger partial charge in [-0.05, 0) is 79.0 Å². The number of likely N-dealkylation sites (N-methyl/N-ethyl adjacent to an activating group) is 2. The van der Waals surface area contributed by atoms with Crippen LogP contribution in [0, 0.1) is 23.7 Å². The van der Waals surface area contributed by atoms with E-state index in [0.29, 0.717) is 96.6 Å². The van der Waals surface area contributed by atoms with Crippen molar-refractivity contribution in [1.82, 2.24) is 49.1 Å². The first-order valence-electron chi connectivity index (χ1n) is 24.0. The van der Waals surface area contributed by atoms with E-state index in [0.717, 1.165) is 24.0 Å². The molecule has 2 aliphatic heterocycles. The topological polar surface area (TPSA) is 295 Å². The first-order chi connectivity index (χ1) is 35.2. The second-order valence-corrected chi connectivity index (χ2v) is 18.4. The van der Waals surface area contributed by atoms with Gasteiger partial charge in [0.2, 0.25) is 23.0 Å². The third-order valence-electron chi connectivity index (χ3n) is 12.8. The van der Waals surface area contributed by atoms with Crippen molar-refractivity contribution < 1.29 is 39.0 Å². The Balaban J connectivity index is 0.000000241. The van der Waals surface area contributed by atoms with Crippen LogP contribution in [0.3, 0.4) is 0 Å². The minimum atomic E-state index is -1.72. The summed E-state index contributed by atoms with van der Waals surface area (Å²) in [6, 6.07) is 17.5. The molecule has 2 atom stereocenters. The van der Waals surface area contributed by atoms with Gasteiger partial charge in [0, 0.05) is 114 Å². The largest absolute Gasteiger partial charge is 0.369 e. The summed E-state index contributed by atoms with van der Waals surface area (Å²) >= 11 is 0. The van der Waals surface area contributed by atoms with Gasteiger partial charge in [-0.2, -0.15) is 10.2 Å². The Bertz CT molecular complexity index is 3090. The lowest BCUT2D eigenvalue weighted by Gasteiger charge is -2.17. The molecule has 8 N–H and O–H groups in total. The summed E-state index contributed by atoms with van der Waals surface area (Å²) in [5, 5.41) is 31.0. The fraction of sp³-hybridized carbons (Fsp3) is 0.370. The van der Waals surface area contributed by atoms with Crippen molar-refractivity contribution in [2.75, 3.05) is 47.8 Å². The van der Waals surface area contributed by atoms with Gasteiger partial charge in [-0.1, -0.05) is 56.6 Å².